The van der Waals surface area contributed by atoms with Crippen LogP contribution in [0.1, 0.15) is 22.8 Å². The van der Waals surface area contributed by atoms with E-state index >= 15 is 0 Å². The van der Waals surface area contributed by atoms with Crippen LogP contribution in [0.3, 0.4) is 0 Å². The Balaban J connectivity index is 2.01. The van der Waals surface area contributed by atoms with Crippen molar-refractivity contribution in [2.45, 2.75) is 13.1 Å². The Bertz CT molecular complexity index is 829. The van der Waals surface area contributed by atoms with E-state index in [1.165, 1.54) is 48.5 Å². The number of phenolic OH excluding ortho intramolecular Hbond substituents is 1. The Morgan fingerprint density at radius 2 is 1.50 bits per heavy atom. The molecule has 2 aromatic rings. The quantitative estimate of drug-likeness (QED) is 0.575. The predicted molar refractivity (Wildman–Crippen MR) is 88.9 cm³/mol. The first-order valence-corrected chi connectivity index (χ1v) is 7.29. The van der Waals surface area contributed by atoms with Crippen LogP contribution in [0.2, 0.25) is 0 Å². The van der Waals surface area contributed by atoms with Crippen LogP contribution < -0.4 is 10.7 Å². The molecule has 2 rings (SSSR count). The highest BCUT2D eigenvalue weighted by atomic mass is 19.4. The summed E-state index contributed by atoms with van der Waals surface area (Å²) >= 11 is 0. The van der Waals surface area contributed by atoms with Crippen LogP contribution in [-0.4, -0.2) is 28.8 Å². The van der Waals surface area contributed by atoms with E-state index in [-0.39, 0.29) is 11.4 Å². The number of carbonyl (C=O) groups excluding carboxylic acids is 2. The van der Waals surface area contributed by atoms with E-state index in [0.29, 0.717) is 16.8 Å². The number of nitrogens with one attached hydrogen (secondary N) is 2. The summed E-state index contributed by atoms with van der Waals surface area (Å²) in [6.45, 7) is 1.60. The predicted octanol–water partition coefficient (Wildman–Crippen LogP) is 3.05. The van der Waals surface area contributed by atoms with Crippen molar-refractivity contribution in [3.8, 4) is 5.75 Å². The fraction of sp³-hybridized carbons (Fsp3) is 0.118. The zero-order valence-electron chi connectivity index (χ0n) is 13.5. The number of hydrogen-bond donors (Lipinski definition) is 3. The van der Waals surface area contributed by atoms with Crippen LogP contribution in [0.4, 0.5) is 18.9 Å². The maximum absolute atomic E-state index is 12.2. The lowest BCUT2D eigenvalue weighted by molar-refractivity contribution is -0.167. The van der Waals surface area contributed by atoms with Crippen molar-refractivity contribution in [3.63, 3.8) is 0 Å². The fourth-order valence-electron chi connectivity index (χ4n) is 1.87. The Morgan fingerprint density at radius 3 is 2.04 bits per heavy atom. The monoisotopic (exact) mass is 365 g/mol. The molecule has 136 valence electrons. The first-order chi connectivity index (χ1) is 12.2. The molecule has 2 aromatic carbocycles. The number of halogens is 3. The molecule has 2 amide bonds. The maximum Gasteiger partial charge on any atom is 0.471 e. The van der Waals surface area contributed by atoms with Gasteiger partial charge in [0.15, 0.2) is 0 Å². The van der Waals surface area contributed by atoms with Crippen molar-refractivity contribution in [1.82, 2.24) is 5.43 Å². The molecule has 0 aromatic heterocycles. The van der Waals surface area contributed by atoms with Gasteiger partial charge in [0.1, 0.15) is 5.75 Å². The summed E-state index contributed by atoms with van der Waals surface area (Å²) in [7, 11) is 0. The Kier molecular flexibility index (Phi) is 5.61. The summed E-state index contributed by atoms with van der Waals surface area (Å²) in [6, 6.07) is 11.1. The molecule has 3 N–H and O–H groups in total. The molecule has 0 aliphatic heterocycles. The molecule has 26 heavy (non-hydrogen) atoms. The summed E-state index contributed by atoms with van der Waals surface area (Å²) in [5.41, 5.74) is 3.56. The van der Waals surface area contributed by atoms with Crippen LogP contribution in [0.15, 0.2) is 53.6 Å². The molecule has 0 aliphatic rings. The third-order valence-corrected chi connectivity index (χ3v) is 3.27. The standard InChI is InChI=1S/C17H14F3N3O3/c1-10(22-23-15(25)12-4-8-14(24)9-5-12)11-2-6-13(7-3-11)21-16(26)17(18,19)20/h2-9,24H,1H3,(H,21,26)(H,23,25). The van der Waals surface area contributed by atoms with E-state index < -0.39 is 18.0 Å². The number of hydrogen-bond acceptors (Lipinski definition) is 4. The molecular formula is C17H14F3N3O3. The highest BCUT2D eigenvalue weighted by Crippen LogP contribution is 2.18. The number of phenols is 1. The van der Waals surface area contributed by atoms with Crippen LogP contribution in [-0.2, 0) is 4.79 Å². The van der Waals surface area contributed by atoms with E-state index in [9.17, 15) is 27.9 Å². The Hall–Kier alpha value is -3.36. The van der Waals surface area contributed by atoms with E-state index in [1.54, 1.807) is 12.2 Å². The molecule has 0 atom stereocenters. The number of anilines is 1. The lowest BCUT2D eigenvalue weighted by atomic mass is 10.1. The number of rotatable bonds is 4. The number of aromatic hydroxyl groups is 1. The average molecular weight is 365 g/mol. The molecule has 0 spiro atoms. The van der Waals surface area contributed by atoms with Crippen molar-refractivity contribution in [3.05, 3.63) is 59.7 Å². The van der Waals surface area contributed by atoms with Crippen LogP contribution in [0.25, 0.3) is 0 Å². The fourth-order valence-corrected chi connectivity index (χ4v) is 1.87. The molecule has 9 heteroatoms. The van der Waals surface area contributed by atoms with E-state index in [2.05, 4.69) is 10.5 Å². The SMILES string of the molecule is CC(=NNC(=O)c1ccc(O)cc1)c1ccc(NC(=O)C(F)(F)F)cc1. The second-order valence-electron chi connectivity index (χ2n) is 5.21. The molecule has 0 unspecified atom stereocenters. The van der Waals surface area contributed by atoms with Crippen molar-refractivity contribution in [2.24, 2.45) is 5.10 Å². The highest BCUT2D eigenvalue weighted by molar-refractivity contribution is 6.01. The van der Waals surface area contributed by atoms with Crippen molar-refractivity contribution in [1.29, 1.82) is 0 Å². The first kappa shape index (κ1) is 19.0. The average Bonchev–Trinajstić information content (AvgIpc) is 2.59. The third-order valence-electron chi connectivity index (χ3n) is 3.27. The highest BCUT2D eigenvalue weighted by Gasteiger charge is 2.38. The molecular weight excluding hydrogens is 351 g/mol. The van der Waals surface area contributed by atoms with Gasteiger partial charge in [0.2, 0.25) is 0 Å². The molecule has 0 radical (unpaired) electrons. The minimum absolute atomic E-state index is 0.0167. The molecule has 0 fully saturated rings. The van der Waals surface area contributed by atoms with Gasteiger partial charge in [0.25, 0.3) is 5.91 Å². The third kappa shape index (κ3) is 5.07. The molecule has 0 heterocycles. The molecule has 0 saturated heterocycles. The van der Waals surface area contributed by atoms with Gasteiger partial charge < -0.3 is 10.4 Å². The van der Waals surface area contributed by atoms with Gasteiger partial charge in [0, 0.05) is 11.3 Å². The van der Waals surface area contributed by atoms with Gasteiger partial charge in [-0.1, -0.05) is 12.1 Å². The first-order valence-electron chi connectivity index (χ1n) is 7.29. The van der Waals surface area contributed by atoms with E-state index in [1.807, 2.05) is 0 Å². The second kappa shape index (κ2) is 7.68. The number of carbonyl (C=O) groups is 2. The number of amides is 2. The number of benzene rings is 2. The molecule has 6 nitrogen and oxygen atoms in total. The summed E-state index contributed by atoms with van der Waals surface area (Å²) in [4.78, 5) is 22.8. The largest absolute Gasteiger partial charge is 0.508 e. The zero-order valence-corrected chi connectivity index (χ0v) is 13.5. The minimum atomic E-state index is -4.96. The van der Waals surface area contributed by atoms with Gasteiger partial charge in [-0.05, 0) is 48.9 Å². The lowest BCUT2D eigenvalue weighted by Crippen LogP contribution is -2.29. The van der Waals surface area contributed by atoms with Gasteiger partial charge in [-0.2, -0.15) is 18.3 Å². The van der Waals surface area contributed by atoms with Gasteiger partial charge >= 0.3 is 12.1 Å². The van der Waals surface area contributed by atoms with Crippen molar-refractivity contribution < 1.29 is 27.9 Å². The minimum Gasteiger partial charge on any atom is -0.508 e. The number of alkyl halides is 3. The molecule has 0 bridgehead atoms. The summed E-state index contributed by atoms with van der Waals surface area (Å²) < 4.78 is 36.6. The van der Waals surface area contributed by atoms with Gasteiger partial charge in [-0.3, -0.25) is 9.59 Å². The second-order valence-corrected chi connectivity index (χ2v) is 5.21. The normalized spacial score (nSPS) is 11.8. The zero-order chi connectivity index (χ0) is 19.3. The Morgan fingerprint density at radius 1 is 0.962 bits per heavy atom. The van der Waals surface area contributed by atoms with Gasteiger partial charge in [-0.25, -0.2) is 5.43 Å². The summed E-state index contributed by atoms with van der Waals surface area (Å²) in [5.74, 6) is -2.52. The Labute approximate surface area is 146 Å². The van der Waals surface area contributed by atoms with Crippen molar-refractivity contribution in [2.75, 3.05) is 5.32 Å². The maximum atomic E-state index is 12.2. The van der Waals surface area contributed by atoms with Crippen LogP contribution in [0.5, 0.6) is 5.75 Å². The number of nitrogens with zero attached hydrogens (tertiary/aromatic N) is 1. The molecule has 0 saturated carbocycles. The van der Waals surface area contributed by atoms with E-state index in [0.717, 1.165) is 0 Å². The smallest absolute Gasteiger partial charge is 0.471 e. The van der Waals surface area contributed by atoms with Crippen molar-refractivity contribution >= 4 is 23.2 Å². The molecule has 0 aliphatic carbocycles. The number of hydrazone groups is 1. The van der Waals surface area contributed by atoms with Crippen LogP contribution in [0, 0.1) is 0 Å². The van der Waals surface area contributed by atoms with Crippen LogP contribution >= 0.6 is 0 Å². The van der Waals surface area contributed by atoms with E-state index in [4.69, 9.17) is 0 Å². The summed E-state index contributed by atoms with van der Waals surface area (Å²) in [6.07, 6.45) is -4.96. The topological polar surface area (TPSA) is 90.8 Å². The lowest BCUT2D eigenvalue weighted by Gasteiger charge is -2.08. The van der Waals surface area contributed by atoms with Gasteiger partial charge in [-0.15, -0.1) is 0 Å². The van der Waals surface area contributed by atoms with Gasteiger partial charge in [0.05, 0.1) is 5.71 Å². The summed E-state index contributed by atoms with van der Waals surface area (Å²) in [5, 5.41) is 14.8.